The fourth-order valence-corrected chi connectivity index (χ4v) is 4.02. The predicted octanol–water partition coefficient (Wildman–Crippen LogP) is 2.90. The highest BCUT2D eigenvalue weighted by atomic mass is 16.5. The molecule has 0 atom stereocenters. The van der Waals surface area contributed by atoms with Gasteiger partial charge in [0.15, 0.2) is 5.69 Å². The third-order valence-electron chi connectivity index (χ3n) is 5.29. The Kier molecular flexibility index (Phi) is 4.61. The fraction of sp³-hybridized carbons (Fsp3) is 0.579. The van der Waals surface area contributed by atoms with Crippen LogP contribution in [0.4, 0.5) is 5.95 Å². The number of hydrogen-bond acceptors (Lipinski definition) is 6. The Morgan fingerprint density at radius 3 is 2.88 bits per heavy atom. The molecule has 0 aliphatic heterocycles. The van der Waals surface area contributed by atoms with Crippen LogP contribution in [0.2, 0.25) is 0 Å². The molecule has 0 amide bonds. The molecule has 1 N–H and O–H groups in total. The molecule has 2 aliphatic carbocycles. The van der Waals surface area contributed by atoms with Crippen LogP contribution < -0.4 is 5.32 Å². The van der Waals surface area contributed by atoms with Crippen molar-refractivity contribution < 1.29 is 9.53 Å². The summed E-state index contributed by atoms with van der Waals surface area (Å²) in [6, 6.07) is 0.450. The molecule has 26 heavy (non-hydrogen) atoms. The zero-order valence-corrected chi connectivity index (χ0v) is 15.4. The summed E-state index contributed by atoms with van der Waals surface area (Å²) < 4.78 is 6.91. The number of fused-ring (bicyclic) bond motifs is 3. The van der Waals surface area contributed by atoms with Crippen molar-refractivity contribution in [3.8, 4) is 11.4 Å². The van der Waals surface area contributed by atoms with Crippen LogP contribution in [-0.4, -0.2) is 38.4 Å². The molecule has 0 radical (unpaired) electrons. The van der Waals surface area contributed by atoms with E-state index < -0.39 is 0 Å². The predicted molar refractivity (Wildman–Crippen MR) is 98.1 cm³/mol. The van der Waals surface area contributed by atoms with Crippen LogP contribution in [0.5, 0.6) is 0 Å². The van der Waals surface area contributed by atoms with Gasteiger partial charge in [0.2, 0.25) is 5.95 Å². The van der Waals surface area contributed by atoms with Crippen molar-refractivity contribution in [3.05, 3.63) is 23.0 Å². The second-order valence-electron chi connectivity index (χ2n) is 7.07. The Hall–Kier alpha value is -2.44. The molecular weight excluding hydrogens is 330 g/mol. The van der Waals surface area contributed by atoms with Gasteiger partial charge in [-0.15, -0.1) is 0 Å². The summed E-state index contributed by atoms with van der Waals surface area (Å²) in [5.41, 5.74) is 4.23. The quantitative estimate of drug-likeness (QED) is 0.849. The lowest BCUT2D eigenvalue weighted by atomic mass is 9.93. The van der Waals surface area contributed by atoms with E-state index in [2.05, 4.69) is 15.4 Å². The number of nitrogens with one attached hydrogen (secondary N) is 1. The van der Waals surface area contributed by atoms with Crippen LogP contribution in [0.1, 0.15) is 60.6 Å². The van der Waals surface area contributed by atoms with E-state index in [0.29, 0.717) is 24.3 Å². The number of hydrogen-bond donors (Lipinski definition) is 1. The molecule has 1 fully saturated rings. The second kappa shape index (κ2) is 7.05. The molecule has 0 bridgehead atoms. The molecule has 0 saturated heterocycles. The molecule has 4 rings (SSSR count). The summed E-state index contributed by atoms with van der Waals surface area (Å²) in [4.78, 5) is 21.5. The number of nitrogens with zero attached hydrogens (tertiary/aromatic N) is 4. The minimum absolute atomic E-state index is 0.346. The Labute approximate surface area is 153 Å². The standard InChI is InChI=1S/C19H25N5O2/c1-3-26-18(25)16-14-10-9-12-11-20-19(21-13-7-5-4-6-8-13)22-15(12)17(14)24(2)23-16/h11,13H,3-10H2,1-2H3,(H,20,21,22). The van der Waals surface area contributed by atoms with E-state index in [1.54, 1.807) is 11.6 Å². The highest BCUT2D eigenvalue weighted by Gasteiger charge is 2.29. The van der Waals surface area contributed by atoms with Gasteiger partial charge in [0.05, 0.1) is 18.0 Å². The van der Waals surface area contributed by atoms with Gasteiger partial charge in [0.1, 0.15) is 0 Å². The molecule has 0 unspecified atom stereocenters. The van der Waals surface area contributed by atoms with E-state index in [1.165, 1.54) is 32.1 Å². The fourth-order valence-electron chi connectivity index (χ4n) is 4.02. The normalized spacial score (nSPS) is 16.7. The topological polar surface area (TPSA) is 81.9 Å². The molecule has 2 heterocycles. The zero-order chi connectivity index (χ0) is 18.1. The summed E-state index contributed by atoms with van der Waals surface area (Å²) in [5, 5.41) is 7.90. The van der Waals surface area contributed by atoms with Crippen molar-refractivity contribution >= 4 is 11.9 Å². The van der Waals surface area contributed by atoms with E-state index in [1.807, 2.05) is 13.2 Å². The van der Waals surface area contributed by atoms with Crippen LogP contribution in [-0.2, 0) is 24.6 Å². The van der Waals surface area contributed by atoms with Crippen molar-refractivity contribution in [1.82, 2.24) is 19.7 Å². The molecule has 0 aromatic carbocycles. The maximum atomic E-state index is 12.2. The van der Waals surface area contributed by atoms with Crippen molar-refractivity contribution in [3.63, 3.8) is 0 Å². The number of rotatable bonds is 4. The number of esters is 1. The average Bonchev–Trinajstić information content (AvgIpc) is 3.00. The Morgan fingerprint density at radius 2 is 2.12 bits per heavy atom. The maximum Gasteiger partial charge on any atom is 0.359 e. The number of aryl methyl sites for hydroxylation is 2. The van der Waals surface area contributed by atoms with Gasteiger partial charge in [0.25, 0.3) is 0 Å². The van der Waals surface area contributed by atoms with Crippen molar-refractivity contribution in [1.29, 1.82) is 0 Å². The molecule has 2 aromatic rings. The lowest BCUT2D eigenvalue weighted by Gasteiger charge is -2.23. The minimum atomic E-state index is -0.359. The smallest absolute Gasteiger partial charge is 0.359 e. The third kappa shape index (κ3) is 3.06. The van der Waals surface area contributed by atoms with E-state index in [0.717, 1.165) is 35.4 Å². The molecule has 138 valence electrons. The van der Waals surface area contributed by atoms with E-state index in [9.17, 15) is 4.79 Å². The van der Waals surface area contributed by atoms with Crippen LogP contribution in [0.25, 0.3) is 11.4 Å². The monoisotopic (exact) mass is 355 g/mol. The maximum absolute atomic E-state index is 12.2. The summed E-state index contributed by atoms with van der Waals surface area (Å²) in [7, 11) is 1.85. The third-order valence-corrected chi connectivity index (χ3v) is 5.29. The number of carbonyl (C=O) groups excluding carboxylic acids is 1. The number of carbonyl (C=O) groups is 1. The van der Waals surface area contributed by atoms with Crippen LogP contribution in [0.3, 0.4) is 0 Å². The SMILES string of the molecule is CCOC(=O)c1nn(C)c2c1CCc1cnc(NC3CCCCC3)nc1-2. The molecule has 7 heteroatoms. The van der Waals surface area contributed by atoms with Crippen molar-refractivity contribution in [2.45, 2.75) is 57.9 Å². The van der Waals surface area contributed by atoms with Gasteiger partial charge >= 0.3 is 5.97 Å². The van der Waals surface area contributed by atoms with Crippen LogP contribution in [0.15, 0.2) is 6.20 Å². The van der Waals surface area contributed by atoms with Crippen molar-refractivity contribution in [2.24, 2.45) is 7.05 Å². The van der Waals surface area contributed by atoms with Gasteiger partial charge in [-0.1, -0.05) is 19.3 Å². The summed E-state index contributed by atoms with van der Waals surface area (Å²) in [6.45, 7) is 2.15. The molecule has 2 aromatic heterocycles. The first-order valence-corrected chi connectivity index (χ1v) is 9.53. The lowest BCUT2D eigenvalue weighted by molar-refractivity contribution is 0.0517. The van der Waals surface area contributed by atoms with Crippen LogP contribution >= 0.6 is 0 Å². The van der Waals surface area contributed by atoms with Crippen molar-refractivity contribution in [2.75, 3.05) is 11.9 Å². The van der Waals surface area contributed by atoms with Crippen LogP contribution in [0, 0.1) is 0 Å². The highest BCUT2D eigenvalue weighted by molar-refractivity contribution is 5.91. The summed E-state index contributed by atoms with van der Waals surface area (Å²) in [5.74, 6) is 0.310. The largest absolute Gasteiger partial charge is 0.461 e. The first-order valence-electron chi connectivity index (χ1n) is 9.53. The minimum Gasteiger partial charge on any atom is -0.461 e. The first kappa shape index (κ1) is 17.0. The highest BCUT2D eigenvalue weighted by Crippen LogP contribution is 2.34. The Bertz CT molecular complexity index is 824. The molecular formula is C19H25N5O2. The van der Waals surface area contributed by atoms with Gasteiger partial charge in [-0.25, -0.2) is 14.8 Å². The van der Waals surface area contributed by atoms with Gasteiger partial charge in [-0.05, 0) is 38.2 Å². The first-order chi connectivity index (χ1) is 12.7. The summed E-state index contributed by atoms with van der Waals surface area (Å²) >= 11 is 0. The lowest BCUT2D eigenvalue weighted by Crippen LogP contribution is -2.24. The molecule has 0 spiro atoms. The Morgan fingerprint density at radius 1 is 1.31 bits per heavy atom. The number of anilines is 1. The number of aromatic nitrogens is 4. The van der Waals surface area contributed by atoms with Gasteiger partial charge in [-0.2, -0.15) is 5.10 Å². The van der Waals surface area contributed by atoms with E-state index in [-0.39, 0.29) is 5.97 Å². The van der Waals surface area contributed by atoms with Gasteiger partial charge in [-0.3, -0.25) is 4.68 Å². The molecule has 2 aliphatic rings. The summed E-state index contributed by atoms with van der Waals surface area (Å²) in [6.07, 6.45) is 9.66. The number of ether oxygens (including phenoxy) is 1. The second-order valence-corrected chi connectivity index (χ2v) is 7.07. The van der Waals surface area contributed by atoms with E-state index in [4.69, 9.17) is 9.72 Å². The Balaban J connectivity index is 1.67. The van der Waals surface area contributed by atoms with Gasteiger partial charge < -0.3 is 10.1 Å². The van der Waals surface area contributed by atoms with E-state index >= 15 is 0 Å². The molecule has 7 nitrogen and oxygen atoms in total. The zero-order valence-electron chi connectivity index (χ0n) is 15.4. The average molecular weight is 355 g/mol. The molecule has 1 saturated carbocycles. The van der Waals surface area contributed by atoms with Gasteiger partial charge in [0, 0.05) is 24.8 Å².